The van der Waals surface area contributed by atoms with Gasteiger partial charge in [-0.05, 0) is 45.4 Å². The number of rotatable bonds is 8. The minimum Gasteiger partial charge on any atom is -0.374 e. The maximum atomic E-state index is 12.4. The number of nitrogens with zero attached hydrogens (tertiary/aromatic N) is 3. The van der Waals surface area contributed by atoms with Crippen LogP contribution in [-0.2, 0) is 9.53 Å². The van der Waals surface area contributed by atoms with E-state index in [0.29, 0.717) is 17.8 Å². The number of dihydropyridines is 1. The lowest BCUT2D eigenvalue weighted by Crippen LogP contribution is -2.51. The predicted molar refractivity (Wildman–Crippen MR) is 121 cm³/mol. The normalized spacial score (nSPS) is 26.9. The van der Waals surface area contributed by atoms with Crippen LogP contribution in [0.4, 0.5) is 0 Å². The fourth-order valence-electron chi connectivity index (χ4n) is 4.40. The molecule has 0 radical (unpaired) electrons. The summed E-state index contributed by atoms with van der Waals surface area (Å²) in [5.41, 5.74) is 0.670. The largest absolute Gasteiger partial charge is 0.374 e. The summed E-state index contributed by atoms with van der Waals surface area (Å²) in [6.07, 6.45) is 9.67. The highest BCUT2D eigenvalue weighted by Gasteiger charge is 2.27. The molecule has 0 aromatic heterocycles. The van der Waals surface area contributed by atoms with Gasteiger partial charge in [0.05, 0.1) is 18.9 Å². The molecular weight excluding hydrogens is 378 g/mol. The van der Waals surface area contributed by atoms with E-state index in [4.69, 9.17) is 4.74 Å². The molecule has 2 unspecified atom stereocenters. The number of unbranched alkanes of at least 4 members (excludes halogenated alkanes) is 1. The van der Waals surface area contributed by atoms with Crippen LogP contribution in [-0.4, -0.2) is 97.9 Å². The van der Waals surface area contributed by atoms with Crippen LogP contribution in [0, 0.1) is 0 Å². The lowest BCUT2D eigenvalue weighted by Gasteiger charge is -2.37. The molecule has 2 fully saturated rings. The van der Waals surface area contributed by atoms with Crippen molar-refractivity contribution in [2.75, 3.05) is 59.0 Å². The SMILES string of the molecule is CCCCNC(=O)C1=CC=CC(N2CCCN(CC3CN(C(C)C)CCO3)CC2)N1. The second-order valence-electron chi connectivity index (χ2n) is 8.94. The quantitative estimate of drug-likeness (QED) is 0.580. The first kappa shape index (κ1) is 23.3. The van der Waals surface area contributed by atoms with E-state index >= 15 is 0 Å². The van der Waals surface area contributed by atoms with Gasteiger partial charge < -0.3 is 15.4 Å². The van der Waals surface area contributed by atoms with Crippen LogP contribution < -0.4 is 10.6 Å². The second kappa shape index (κ2) is 11.8. The molecule has 7 nitrogen and oxygen atoms in total. The van der Waals surface area contributed by atoms with Crippen LogP contribution >= 0.6 is 0 Å². The number of allylic oxidation sites excluding steroid dienone is 2. The van der Waals surface area contributed by atoms with Gasteiger partial charge in [-0.3, -0.25) is 19.5 Å². The van der Waals surface area contributed by atoms with E-state index in [2.05, 4.69) is 52.2 Å². The molecule has 3 aliphatic rings. The fourth-order valence-corrected chi connectivity index (χ4v) is 4.40. The molecule has 0 aromatic carbocycles. The molecule has 3 heterocycles. The van der Waals surface area contributed by atoms with Gasteiger partial charge in [0.2, 0.25) is 0 Å². The van der Waals surface area contributed by atoms with Gasteiger partial charge in [0.25, 0.3) is 5.91 Å². The van der Waals surface area contributed by atoms with Crippen molar-refractivity contribution in [3.05, 3.63) is 23.9 Å². The topological polar surface area (TPSA) is 60.1 Å². The van der Waals surface area contributed by atoms with E-state index in [1.807, 2.05) is 12.2 Å². The Labute approximate surface area is 182 Å². The average molecular weight is 420 g/mol. The van der Waals surface area contributed by atoms with Crippen molar-refractivity contribution in [2.45, 2.75) is 58.3 Å². The van der Waals surface area contributed by atoms with Gasteiger partial charge in [-0.2, -0.15) is 0 Å². The lowest BCUT2D eigenvalue weighted by atomic mass is 10.2. The van der Waals surface area contributed by atoms with Crippen molar-refractivity contribution in [2.24, 2.45) is 0 Å². The molecule has 2 atom stereocenters. The zero-order valence-electron chi connectivity index (χ0n) is 19.1. The van der Waals surface area contributed by atoms with Crippen molar-refractivity contribution in [3.63, 3.8) is 0 Å². The molecule has 0 bridgehead atoms. The minimum absolute atomic E-state index is 0.00148. The zero-order valence-corrected chi connectivity index (χ0v) is 19.1. The van der Waals surface area contributed by atoms with Gasteiger partial charge in [-0.1, -0.05) is 19.4 Å². The number of amides is 1. The highest BCUT2D eigenvalue weighted by atomic mass is 16.5. The summed E-state index contributed by atoms with van der Waals surface area (Å²) in [6.45, 7) is 15.5. The third-order valence-corrected chi connectivity index (χ3v) is 6.30. The van der Waals surface area contributed by atoms with Crippen molar-refractivity contribution in [1.29, 1.82) is 0 Å². The number of carbonyl (C=O) groups excluding carboxylic acids is 1. The molecule has 7 heteroatoms. The van der Waals surface area contributed by atoms with Gasteiger partial charge in [0.15, 0.2) is 0 Å². The maximum absolute atomic E-state index is 12.4. The summed E-state index contributed by atoms with van der Waals surface area (Å²) in [5.74, 6) is -0.00148. The standard InChI is InChI=1S/C23H41N5O2/c1-4-5-10-24-23(29)21-8-6-9-22(25-21)27-12-7-11-26(13-14-27)17-20-18-28(19(2)3)15-16-30-20/h6,8-9,19-20,22,25H,4-5,7,10-18H2,1-3H3,(H,24,29). The van der Waals surface area contributed by atoms with Gasteiger partial charge >= 0.3 is 0 Å². The molecule has 2 N–H and O–H groups in total. The van der Waals surface area contributed by atoms with E-state index in [1.165, 1.54) is 0 Å². The third kappa shape index (κ3) is 6.80. The Morgan fingerprint density at radius 3 is 2.93 bits per heavy atom. The van der Waals surface area contributed by atoms with E-state index in [-0.39, 0.29) is 12.1 Å². The van der Waals surface area contributed by atoms with Gasteiger partial charge in [0, 0.05) is 51.9 Å². The van der Waals surface area contributed by atoms with E-state index in [9.17, 15) is 4.79 Å². The first-order valence-electron chi connectivity index (χ1n) is 11.8. The summed E-state index contributed by atoms with van der Waals surface area (Å²) in [4.78, 5) is 19.9. The molecule has 30 heavy (non-hydrogen) atoms. The van der Waals surface area contributed by atoms with Crippen molar-refractivity contribution in [1.82, 2.24) is 25.3 Å². The first-order valence-corrected chi connectivity index (χ1v) is 11.8. The van der Waals surface area contributed by atoms with E-state index in [1.54, 1.807) is 0 Å². The van der Waals surface area contributed by atoms with Crippen LogP contribution in [0.25, 0.3) is 0 Å². The van der Waals surface area contributed by atoms with Gasteiger partial charge in [-0.15, -0.1) is 0 Å². The number of hydrogen-bond donors (Lipinski definition) is 2. The predicted octanol–water partition coefficient (Wildman–Crippen LogP) is 1.39. The molecule has 0 spiro atoms. The van der Waals surface area contributed by atoms with Crippen molar-refractivity contribution in [3.8, 4) is 0 Å². The minimum atomic E-state index is -0.00148. The van der Waals surface area contributed by atoms with Crippen LogP contribution in [0.1, 0.15) is 40.0 Å². The Morgan fingerprint density at radius 2 is 2.13 bits per heavy atom. The number of morpholine rings is 1. The summed E-state index contributed by atoms with van der Waals surface area (Å²) in [6, 6.07) is 0.585. The highest BCUT2D eigenvalue weighted by molar-refractivity contribution is 5.93. The monoisotopic (exact) mass is 419 g/mol. The number of carbonyl (C=O) groups is 1. The Balaban J connectivity index is 1.45. The molecule has 3 aliphatic heterocycles. The first-order chi connectivity index (χ1) is 14.6. The van der Waals surface area contributed by atoms with Crippen LogP contribution in [0.5, 0.6) is 0 Å². The van der Waals surface area contributed by atoms with Crippen molar-refractivity contribution < 1.29 is 9.53 Å². The summed E-state index contributed by atoms with van der Waals surface area (Å²) < 4.78 is 6.05. The Kier molecular flexibility index (Phi) is 9.18. The third-order valence-electron chi connectivity index (χ3n) is 6.30. The molecule has 0 saturated carbocycles. The van der Waals surface area contributed by atoms with Crippen molar-refractivity contribution >= 4 is 5.91 Å². The smallest absolute Gasteiger partial charge is 0.267 e. The number of nitrogens with one attached hydrogen (secondary N) is 2. The number of ether oxygens (including phenoxy) is 1. The number of hydrogen-bond acceptors (Lipinski definition) is 6. The Hall–Kier alpha value is -1.41. The van der Waals surface area contributed by atoms with E-state index in [0.717, 1.165) is 78.2 Å². The van der Waals surface area contributed by atoms with E-state index < -0.39 is 0 Å². The zero-order chi connectivity index (χ0) is 21.3. The van der Waals surface area contributed by atoms with Gasteiger partial charge in [-0.25, -0.2) is 0 Å². The Morgan fingerprint density at radius 1 is 1.27 bits per heavy atom. The molecule has 170 valence electrons. The summed E-state index contributed by atoms with van der Waals surface area (Å²) in [5, 5.41) is 6.44. The molecule has 2 saturated heterocycles. The summed E-state index contributed by atoms with van der Waals surface area (Å²) in [7, 11) is 0. The Bertz CT molecular complexity index is 606. The molecule has 3 rings (SSSR count). The summed E-state index contributed by atoms with van der Waals surface area (Å²) >= 11 is 0. The fraction of sp³-hybridized carbons (Fsp3) is 0.783. The molecule has 1 amide bonds. The van der Waals surface area contributed by atoms with Gasteiger partial charge in [0.1, 0.15) is 5.70 Å². The van der Waals surface area contributed by atoms with Crippen LogP contribution in [0.3, 0.4) is 0 Å². The maximum Gasteiger partial charge on any atom is 0.267 e. The second-order valence-corrected chi connectivity index (χ2v) is 8.94. The lowest BCUT2D eigenvalue weighted by molar-refractivity contribution is -0.118. The average Bonchev–Trinajstić information content (AvgIpc) is 3.00. The molecule has 0 aliphatic carbocycles. The highest BCUT2D eigenvalue weighted by Crippen LogP contribution is 2.14. The van der Waals surface area contributed by atoms with Crippen LogP contribution in [0.2, 0.25) is 0 Å². The molecular formula is C23H41N5O2. The molecule has 0 aromatic rings. The van der Waals surface area contributed by atoms with Crippen LogP contribution in [0.15, 0.2) is 23.9 Å².